The molecule has 0 atom stereocenters. The molecule has 24 heavy (non-hydrogen) atoms. The Morgan fingerprint density at radius 1 is 1.00 bits per heavy atom. The maximum Gasteiger partial charge on any atom is 0.315 e. The summed E-state index contributed by atoms with van der Waals surface area (Å²) in [6.07, 6.45) is 5.39. The number of amides is 2. The van der Waals surface area contributed by atoms with E-state index in [4.69, 9.17) is 0 Å². The van der Waals surface area contributed by atoms with Crippen LogP contribution in [0.25, 0.3) is 11.3 Å². The summed E-state index contributed by atoms with van der Waals surface area (Å²) in [7, 11) is 0. The second kappa shape index (κ2) is 7.92. The number of carbonyl (C=O) groups is 1. The number of rotatable bonds is 6. The van der Waals surface area contributed by atoms with Crippen molar-refractivity contribution in [2.45, 2.75) is 13.1 Å². The van der Waals surface area contributed by atoms with Crippen LogP contribution in [0, 0.1) is 0 Å². The normalized spacial score (nSPS) is 10.3. The second-order valence-corrected chi connectivity index (χ2v) is 5.29. The van der Waals surface area contributed by atoms with Crippen LogP contribution >= 0.6 is 0 Å². The molecule has 0 aliphatic carbocycles. The molecule has 6 nitrogen and oxygen atoms in total. The molecule has 2 amide bonds. The fourth-order valence-electron chi connectivity index (χ4n) is 2.29. The minimum absolute atomic E-state index is 0.180. The molecule has 3 aromatic rings. The molecule has 0 fully saturated rings. The van der Waals surface area contributed by atoms with Crippen LogP contribution in [0.3, 0.4) is 0 Å². The van der Waals surface area contributed by atoms with Crippen LogP contribution in [-0.2, 0) is 13.1 Å². The molecule has 0 radical (unpaired) electrons. The first-order valence-electron chi connectivity index (χ1n) is 7.81. The molecular formula is C18H19N5O. The van der Waals surface area contributed by atoms with Gasteiger partial charge in [-0.3, -0.25) is 9.67 Å². The van der Waals surface area contributed by atoms with Crippen molar-refractivity contribution in [3.8, 4) is 11.3 Å². The summed E-state index contributed by atoms with van der Waals surface area (Å²) in [5.41, 5.74) is 2.99. The molecule has 0 saturated carbocycles. The molecule has 0 bridgehead atoms. The molecule has 0 aliphatic heterocycles. The van der Waals surface area contributed by atoms with Gasteiger partial charge in [0.25, 0.3) is 0 Å². The number of aromatic nitrogens is 3. The van der Waals surface area contributed by atoms with E-state index in [-0.39, 0.29) is 6.03 Å². The van der Waals surface area contributed by atoms with Gasteiger partial charge in [0.1, 0.15) is 0 Å². The highest BCUT2D eigenvalue weighted by Gasteiger charge is 2.03. The fourth-order valence-corrected chi connectivity index (χ4v) is 2.29. The minimum atomic E-state index is -0.180. The molecule has 2 heterocycles. The number of carbonyl (C=O) groups excluding carboxylic acids is 1. The Bertz CT molecular complexity index is 770. The van der Waals surface area contributed by atoms with Crippen molar-refractivity contribution in [1.29, 1.82) is 0 Å². The van der Waals surface area contributed by atoms with Gasteiger partial charge >= 0.3 is 6.03 Å². The number of nitrogens with zero attached hydrogens (tertiary/aromatic N) is 3. The molecular weight excluding hydrogens is 302 g/mol. The summed E-state index contributed by atoms with van der Waals surface area (Å²) in [5, 5.41) is 10.1. The molecule has 2 aromatic heterocycles. The van der Waals surface area contributed by atoms with Gasteiger partial charge in [0, 0.05) is 37.2 Å². The first-order valence-corrected chi connectivity index (χ1v) is 7.81. The zero-order valence-electron chi connectivity index (χ0n) is 13.2. The van der Waals surface area contributed by atoms with Crippen molar-refractivity contribution >= 4 is 6.03 Å². The van der Waals surface area contributed by atoms with E-state index in [1.807, 2.05) is 59.4 Å². The Hall–Kier alpha value is -3.15. The summed E-state index contributed by atoms with van der Waals surface area (Å²) in [6.45, 7) is 1.64. The number of pyridine rings is 1. The first kappa shape index (κ1) is 15.7. The van der Waals surface area contributed by atoms with Gasteiger partial charge in [-0.15, -0.1) is 0 Å². The molecule has 122 valence electrons. The Morgan fingerprint density at radius 2 is 1.79 bits per heavy atom. The summed E-state index contributed by atoms with van der Waals surface area (Å²) in [6, 6.07) is 15.4. The van der Waals surface area contributed by atoms with Gasteiger partial charge in [0.15, 0.2) is 0 Å². The van der Waals surface area contributed by atoms with E-state index in [1.165, 1.54) is 0 Å². The van der Waals surface area contributed by atoms with E-state index in [1.54, 1.807) is 12.4 Å². The third-order valence-corrected chi connectivity index (χ3v) is 3.54. The molecule has 3 rings (SSSR count). The monoisotopic (exact) mass is 321 g/mol. The van der Waals surface area contributed by atoms with Crippen molar-refractivity contribution < 1.29 is 4.79 Å². The van der Waals surface area contributed by atoms with Gasteiger partial charge < -0.3 is 10.6 Å². The van der Waals surface area contributed by atoms with Crippen LogP contribution in [0.2, 0.25) is 0 Å². The van der Waals surface area contributed by atoms with Gasteiger partial charge in [-0.05, 0) is 23.8 Å². The van der Waals surface area contributed by atoms with E-state index in [0.29, 0.717) is 19.6 Å². The Kier molecular flexibility index (Phi) is 5.19. The maximum absolute atomic E-state index is 11.8. The molecule has 0 unspecified atom stereocenters. The molecule has 0 spiro atoms. The van der Waals surface area contributed by atoms with Gasteiger partial charge in [0.05, 0.1) is 12.2 Å². The third-order valence-electron chi connectivity index (χ3n) is 3.54. The molecule has 6 heteroatoms. The average Bonchev–Trinajstić information content (AvgIpc) is 3.11. The summed E-state index contributed by atoms with van der Waals surface area (Å²) in [5.74, 6) is 0. The lowest BCUT2D eigenvalue weighted by Gasteiger charge is -2.07. The van der Waals surface area contributed by atoms with Crippen LogP contribution in [0.15, 0.2) is 67.1 Å². The van der Waals surface area contributed by atoms with Crippen molar-refractivity contribution in [3.05, 3.63) is 72.7 Å². The zero-order valence-corrected chi connectivity index (χ0v) is 13.2. The lowest BCUT2D eigenvalue weighted by Crippen LogP contribution is -2.36. The van der Waals surface area contributed by atoms with Crippen LogP contribution in [0.5, 0.6) is 0 Å². The number of hydrogen-bond donors (Lipinski definition) is 2. The molecule has 1 aromatic carbocycles. The minimum Gasteiger partial charge on any atom is -0.336 e. The van der Waals surface area contributed by atoms with Crippen molar-refractivity contribution in [2.24, 2.45) is 0 Å². The van der Waals surface area contributed by atoms with E-state index in [2.05, 4.69) is 20.7 Å². The highest BCUT2D eigenvalue weighted by Crippen LogP contribution is 2.14. The van der Waals surface area contributed by atoms with Crippen molar-refractivity contribution in [3.63, 3.8) is 0 Å². The van der Waals surface area contributed by atoms with Crippen molar-refractivity contribution in [2.75, 3.05) is 6.54 Å². The Morgan fingerprint density at radius 3 is 2.58 bits per heavy atom. The number of urea groups is 1. The summed E-state index contributed by atoms with van der Waals surface area (Å²) >= 11 is 0. The van der Waals surface area contributed by atoms with Gasteiger partial charge in [0.2, 0.25) is 0 Å². The van der Waals surface area contributed by atoms with Crippen LogP contribution in [0.1, 0.15) is 5.56 Å². The second-order valence-electron chi connectivity index (χ2n) is 5.29. The van der Waals surface area contributed by atoms with Gasteiger partial charge in [-0.2, -0.15) is 5.10 Å². The van der Waals surface area contributed by atoms with E-state index in [0.717, 1.165) is 16.8 Å². The van der Waals surface area contributed by atoms with Crippen LogP contribution < -0.4 is 10.6 Å². The Balaban J connectivity index is 1.42. The summed E-state index contributed by atoms with van der Waals surface area (Å²) < 4.78 is 1.81. The SMILES string of the molecule is O=C(NCCn1ccc(-c2ccncc2)n1)NCc1ccccc1. The average molecular weight is 321 g/mol. The molecule has 2 N–H and O–H groups in total. The Labute approximate surface area is 140 Å². The largest absolute Gasteiger partial charge is 0.336 e. The van der Waals surface area contributed by atoms with E-state index >= 15 is 0 Å². The number of nitrogens with one attached hydrogen (secondary N) is 2. The third kappa shape index (κ3) is 4.42. The highest BCUT2D eigenvalue weighted by atomic mass is 16.2. The molecule has 0 aliphatic rings. The van der Waals surface area contributed by atoms with Gasteiger partial charge in [-0.25, -0.2) is 4.79 Å². The van der Waals surface area contributed by atoms with Crippen LogP contribution in [-0.4, -0.2) is 27.3 Å². The number of hydrogen-bond acceptors (Lipinski definition) is 3. The highest BCUT2D eigenvalue weighted by molar-refractivity contribution is 5.73. The zero-order chi connectivity index (χ0) is 16.6. The summed E-state index contributed by atoms with van der Waals surface area (Å²) in [4.78, 5) is 15.8. The van der Waals surface area contributed by atoms with Gasteiger partial charge in [-0.1, -0.05) is 30.3 Å². The maximum atomic E-state index is 11.8. The standard InChI is InChI=1S/C18H19N5O/c24-18(21-14-15-4-2-1-3-5-15)20-11-13-23-12-8-17(22-23)16-6-9-19-10-7-16/h1-10,12H,11,13-14H2,(H2,20,21,24). The fraction of sp³-hybridized carbons (Fsp3) is 0.167. The smallest absolute Gasteiger partial charge is 0.315 e. The first-order chi connectivity index (χ1) is 11.8. The van der Waals surface area contributed by atoms with Crippen molar-refractivity contribution in [1.82, 2.24) is 25.4 Å². The quantitative estimate of drug-likeness (QED) is 0.732. The predicted octanol–water partition coefficient (Wildman–Crippen LogP) is 2.44. The van der Waals surface area contributed by atoms with E-state index < -0.39 is 0 Å². The van der Waals surface area contributed by atoms with E-state index in [9.17, 15) is 4.79 Å². The lowest BCUT2D eigenvalue weighted by atomic mass is 10.2. The molecule has 0 saturated heterocycles. The lowest BCUT2D eigenvalue weighted by molar-refractivity contribution is 0.240. The topological polar surface area (TPSA) is 71.8 Å². The number of benzene rings is 1. The predicted molar refractivity (Wildman–Crippen MR) is 92.1 cm³/mol. The van der Waals surface area contributed by atoms with Crippen LogP contribution in [0.4, 0.5) is 4.79 Å².